The fourth-order valence-corrected chi connectivity index (χ4v) is 3.14. The summed E-state index contributed by atoms with van der Waals surface area (Å²) in [5, 5.41) is 7.03. The van der Waals surface area contributed by atoms with E-state index in [1.54, 1.807) is 12.1 Å². The Kier molecular flexibility index (Phi) is 5.48. The largest absolute Gasteiger partial charge is 0.320 e. The fraction of sp³-hybridized carbons (Fsp3) is 0.0417. The van der Waals surface area contributed by atoms with Gasteiger partial charge in [0, 0.05) is 17.3 Å². The Morgan fingerprint density at radius 3 is 2.47 bits per heavy atom. The Bertz CT molecular complexity index is 1250. The normalized spacial score (nSPS) is 10.6. The molecule has 0 spiro atoms. The Balaban J connectivity index is 1.60. The monoisotopic (exact) mass is 399 g/mol. The van der Waals surface area contributed by atoms with Crippen molar-refractivity contribution in [2.24, 2.45) is 0 Å². The Morgan fingerprint density at radius 2 is 1.67 bits per heavy atom. The van der Waals surface area contributed by atoms with Gasteiger partial charge in [-0.05, 0) is 35.4 Å². The van der Waals surface area contributed by atoms with Crippen molar-refractivity contribution in [3.8, 4) is 11.1 Å². The number of carbonyl (C=O) groups is 1. The zero-order valence-corrected chi connectivity index (χ0v) is 16.0. The van der Waals surface area contributed by atoms with Crippen LogP contribution in [0.3, 0.4) is 0 Å². The number of benzene rings is 3. The number of aromatic nitrogens is 2. The minimum atomic E-state index is -0.439. The van der Waals surface area contributed by atoms with Crippen LogP contribution in [0.15, 0.2) is 95.8 Å². The van der Waals surface area contributed by atoms with Crippen molar-refractivity contribution < 1.29 is 9.18 Å². The van der Waals surface area contributed by atoms with E-state index >= 15 is 0 Å². The van der Waals surface area contributed by atoms with Crippen molar-refractivity contribution in [1.82, 2.24) is 9.78 Å². The summed E-state index contributed by atoms with van der Waals surface area (Å²) in [6.45, 7) is 0.0678. The summed E-state index contributed by atoms with van der Waals surface area (Å²) < 4.78 is 14.6. The van der Waals surface area contributed by atoms with Gasteiger partial charge in [0.15, 0.2) is 0 Å². The van der Waals surface area contributed by atoms with Gasteiger partial charge in [-0.1, -0.05) is 60.7 Å². The third kappa shape index (κ3) is 4.33. The van der Waals surface area contributed by atoms with E-state index in [1.165, 1.54) is 24.3 Å². The number of nitrogens with zero attached hydrogens (tertiary/aromatic N) is 2. The highest BCUT2D eigenvalue weighted by molar-refractivity contribution is 6.04. The van der Waals surface area contributed by atoms with Crippen LogP contribution < -0.4 is 10.9 Å². The van der Waals surface area contributed by atoms with E-state index in [9.17, 15) is 14.0 Å². The average Bonchev–Trinajstić information content (AvgIpc) is 2.76. The lowest BCUT2D eigenvalue weighted by Crippen LogP contribution is -2.26. The summed E-state index contributed by atoms with van der Waals surface area (Å²) >= 11 is 0. The zero-order chi connectivity index (χ0) is 20.9. The van der Waals surface area contributed by atoms with Crippen LogP contribution >= 0.6 is 0 Å². The number of anilines is 1. The van der Waals surface area contributed by atoms with Gasteiger partial charge in [-0.15, -0.1) is 0 Å². The lowest BCUT2D eigenvalue weighted by molar-refractivity contribution is 0.102. The summed E-state index contributed by atoms with van der Waals surface area (Å²) in [7, 11) is 0. The molecule has 0 saturated heterocycles. The van der Waals surface area contributed by atoms with E-state index in [4.69, 9.17) is 0 Å². The molecule has 0 atom stereocenters. The number of halogens is 1. The maximum atomic E-state index is 13.4. The lowest BCUT2D eigenvalue weighted by atomic mass is 10.0. The van der Waals surface area contributed by atoms with Crippen LogP contribution in [-0.2, 0) is 6.54 Å². The standard InChI is InChI=1S/C24H18FN3O2/c25-19-10-6-7-17(15-19)16-28-23(29)14-13-22(27-28)24(30)26-21-12-5-4-11-20(21)18-8-2-1-3-9-18/h1-15H,16H2,(H,26,30). The van der Waals surface area contributed by atoms with Gasteiger partial charge < -0.3 is 5.32 Å². The van der Waals surface area contributed by atoms with Gasteiger partial charge in [-0.2, -0.15) is 5.10 Å². The molecule has 4 aromatic rings. The second-order valence-electron chi connectivity index (χ2n) is 6.71. The maximum Gasteiger partial charge on any atom is 0.276 e. The van der Waals surface area contributed by atoms with Gasteiger partial charge in [0.1, 0.15) is 11.5 Å². The smallest absolute Gasteiger partial charge is 0.276 e. The zero-order valence-electron chi connectivity index (χ0n) is 16.0. The molecule has 3 aromatic carbocycles. The molecule has 0 radical (unpaired) electrons. The van der Waals surface area contributed by atoms with Gasteiger partial charge in [0.25, 0.3) is 11.5 Å². The van der Waals surface area contributed by atoms with Gasteiger partial charge in [0.05, 0.1) is 6.54 Å². The van der Waals surface area contributed by atoms with E-state index in [1.807, 2.05) is 54.6 Å². The summed E-state index contributed by atoms with van der Waals surface area (Å²) in [4.78, 5) is 25.0. The molecule has 0 aliphatic carbocycles. The third-order valence-corrected chi connectivity index (χ3v) is 4.58. The molecule has 4 rings (SSSR count). The highest BCUT2D eigenvalue weighted by atomic mass is 19.1. The van der Waals surface area contributed by atoms with Crippen LogP contribution in [-0.4, -0.2) is 15.7 Å². The van der Waals surface area contributed by atoms with Crippen LogP contribution in [0, 0.1) is 5.82 Å². The van der Waals surface area contributed by atoms with E-state index in [0.29, 0.717) is 11.3 Å². The van der Waals surface area contributed by atoms with Gasteiger partial charge in [0.2, 0.25) is 0 Å². The van der Waals surface area contributed by atoms with Crippen molar-refractivity contribution in [2.45, 2.75) is 6.54 Å². The highest BCUT2D eigenvalue weighted by Gasteiger charge is 2.13. The molecule has 1 amide bonds. The molecule has 5 nitrogen and oxygen atoms in total. The molecular formula is C24H18FN3O2. The Morgan fingerprint density at radius 1 is 0.900 bits per heavy atom. The first kappa shape index (κ1) is 19.3. The number of hydrogen-bond donors (Lipinski definition) is 1. The maximum absolute atomic E-state index is 13.4. The number of carbonyl (C=O) groups excluding carboxylic acids is 1. The lowest BCUT2D eigenvalue weighted by Gasteiger charge is -2.12. The first-order valence-corrected chi connectivity index (χ1v) is 9.38. The predicted molar refractivity (Wildman–Crippen MR) is 114 cm³/mol. The number of para-hydroxylation sites is 1. The van der Waals surface area contributed by atoms with Crippen molar-refractivity contribution >= 4 is 11.6 Å². The van der Waals surface area contributed by atoms with Crippen molar-refractivity contribution in [3.63, 3.8) is 0 Å². The Hall–Kier alpha value is -4.06. The number of hydrogen-bond acceptors (Lipinski definition) is 3. The van der Waals surface area contributed by atoms with E-state index in [2.05, 4.69) is 10.4 Å². The molecule has 1 heterocycles. The summed E-state index contributed by atoms with van der Waals surface area (Å²) in [6.07, 6.45) is 0. The first-order valence-electron chi connectivity index (χ1n) is 9.38. The van der Waals surface area contributed by atoms with Crippen LogP contribution in [0.25, 0.3) is 11.1 Å². The number of rotatable bonds is 5. The predicted octanol–water partition coefficient (Wildman–Crippen LogP) is 4.35. The van der Waals surface area contributed by atoms with Crippen LogP contribution in [0.4, 0.5) is 10.1 Å². The quantitative estimate of drug-likeness (QED) is 0.543. The van der Waals surface area contributed by atoms with Gasteiger partial charge in [-0.25, -0.2) is 9.07 Å². The minimum absolute atomic E-state index is 0.0678. The molecule has 1 aromatic heterocycles. The number of nitrogens with one attached hydrogen (secondary N) is 1. The molecule has 0 unspecified atom stereocenters. The van der Waals surface area contributed by atoms with Crippen LogP contribution in [0.2, 0.25) is 0 Å². The van der Waals surface area contributed by atoms with Crippen LogP contribution in [0.5, 0.6) is 0 Å². The molecule has 0 bridgehead atoms. The van der Waals surface area contributed by atoms with Crippen LogP contribution in [0.1, 0.15) is 16.1 Å². The van der Waals surface area contributed by atoms with Crippen molar-refractivity contribution in [3.05, 3.63) is 118 Å². The van der Waals surface area contributed by atoms with E-state index in [-0.39, 0.29) is 17.8 Å². The van der Waals surface area contributed by atoms with Crippen molar-refractivity contribution in [2.75, 3.05) is 5.32 Å². The second kappa shape index (κ2) is 8.53. The molecular weight excluding hydrogens is 381 g/mol. The molecule has 0 aliphatic heterocycles. The van der Waals surface area contributed by atoms with E-state index < -0.39 is 11.7 Å². The van der Waals surface area contributed by atoms with E-state index in [0.717, 1.165) is 15.8 Å². The first-order chi connectivity index (χ1) is 14.6. The molecule has 148 valence electrons. The van der Waals surface area contributed by atoms with Crippen molar-refractivity contribution in [1.29, 1.82) is 0 Å². The second-order valence-corrected chi connectivity index (χ2v) is 6.71. The summed E-state index contributed by atoms with van der Waals surface area (Å²) in [5.41, 5.74) is 2.78. The molecule has 30 heavy (non-hydrogen) atoms. The summed E-state index contributed by atoms with van der Waals surface area (Å²) in [5.74, 6) is -0.835. The highest BCUT2D eigenvalue weighted by Crippen LogP contribution is 2.27. The topological polar surface area (TPSA) is 64.0 Å². The third-order valence-electron chi connectivity index (χ3n) is 4.58. The Labute approximate surface area is 172 Å². The minimum Gasteiger partial charge on any atom is -0.320 e. The summed E-state index contributed by atoms with van der Waals surface area (Å²) in [6, 6.07) is 25.7. The molecule has 1 N–H and O–H groups in total. The average molecular weight is 399 g/mol. The number of amides is 1. The molecule has 0 fully saturated rings. The molecule has 0 aliphatic rings. The molecule has 0 saturated carbocycles. The van der Waals surface area contributed by atoms with Gasteiger partial charge >= 0.3 is 0 Å². The molecule has 6 heteroatoms. The fourth-order valence-electron chi connectivity index (χ4n) is 3.14. The van der Waals surface area contributed by atoms with Gasteiger partial charge in [-0.3, -0.25) is 9.59 Å². The SMILES string of the molecule is O=C(Nc1ccccc1-c1ccccc1)c1ccc(=O)n(Cc2cccc(F)c2)n1.